The minimum absolute atomic E-state index is 0.109. The number of piperidine rings is 1. The predicted molar refractivity (Wildman–Crippen MR) is 102 cm³/mol. The summed E-state index contributed by atoms with van der Waals surface area (Å²) in [5, 5.41) is 14.1. The number of hydrogen-bond donors (Lipinski definition) is 1. The summed E-state index contributed by atoms with van der Waals surface area (Å²) in [6.45, 7) is 1.03. The number of halogens is 1. The molecule has 4 rings (SSSR count). The van der Waals surface area contributed by atoms with Crippen LogP contribution in [0.4, 0.5) is 5.69 Å². The van der Waals surface area contributed by atoms with Crippen molar-refractivity contribution in [2.75, 3.05) is 18.4 Å². The number of aromatic nitrogens is 1. The van der Waals surface area contributed by atoms with Crippen LogP contribution >= 0.6 is 11.6 Å². The number of sulfonamides is 1. The van der Waals surface area contributed by atoms with Crippen molar-refractivity contribution in [1.29, 1.82) is 5.26 Å². The zero-order valence-electron chi connectivity index (χ0n) is 14.2. The zero-order chi connectivity index (χ0) is 18.3. The maximum Gasteiger partial charge on any atom is 0.216 e. The number of benzene rings is 1. The van der Waals surface area contributed by atoms with Crippen LogP contribution in [-0.4, -0.2) is 42.1 Å². The van der Waals surface area contributed by atoms with E-state index in [0.29, 0.717) is 36.5 Å². The van der Waals surface area contributed by atoms with E-state index in [1.165, 1.54) is 0 Å². The summed E-state index contributed by atoms with van der Waals surface area (Å²) >= 11 is 6.12. The summed E-state index contributed by atoms with van der Waals surface area (Å²) in [7, 11) is -3.11. The van der Waals surface area contributed by atoms with Crippen LogP contribution in [0.1, 0.15) is 31.2 Å². The van der Waals surface area contributed by atoms with Crippen molar-refractivity contribution in [2.45, 2.75) is 37.0 Å². The molecule has 0 unspecified atom stereocenters. The SMILES string of the molecule is N#Cc1cnc2ccc(Cl)cc2c1NC1CCN(S(=O)(=O)C2CC2)CC1. The average molecular weight is 391 g/mol. The Morgan fingerprint density at radius 3 is 2.62 bits per heavy atom. The van der Waals surface area contributed by atoms with E-state index in [1.54, 1.807) is 22.6 Å². The van der Waals surface area contributed by atoms with Crippen molar-refractivity contribution in [1.82, 2.24) is 9.29 Å². The second kappa shape index (κ2) is 6.69. The van der Waals surface area contributed by atoms with E-state index in [-0.39, 0.29) is 11.3 Å². The maximum absolute atomic E-state index is 12.4. The highest BCUT2D eigenvalue weighted by Crippen LogP contribution is 2.34. The normalized spacial score (nSPS) is 19.4. The van der Waals surface area contributed by atoms with E-state index < -0.39 is 10.0 Å². The monoisotopic (exact) mass is 390 g/mol. The van der Waals surface area contributed by atoms with Gasteiger partial charge in [-0.3, -0.25) is 4.98 Å². The van der Waals surface area contributed by atoms with Crippen molar-refractivity contribution in [3.8, 4) is 6.07 Å². The fraction of sp³-hybridized carbons (Fsp3) is 0.444. The molecule has 2 aromatic rings. The third-order valence-electron chi connectivity index (χ3n) is 5.06. The molecule has 0 amide bonds. The number of fused-ring (bicyclic) bond motifs is 1. The lowest BCUT2D eigenvalue weighted by atomic mass is 10.0. The van der Waals surface area contributed by atoms with Crippen LogP contribution in [0, 0.1) is 11.3 Å². The molecule has 1 aromatic heterocycles. The number of nitrogens with zero attached hydrogens (tertiary/aromatic N) is 3. The molecule has 2 aliphatic rings. The Balaban J connectivity index is 1.55. The van der Waals surface area contributed by atoms with E-state index in [2.05, 4.69) is 16.4 Å². The molecule has 2 fully saturated rings. The highest BCUT2D eigenvalue weighted by molar-refractivity contribution is 7.90. The Morgan fingerprint density at radius 1 is 1.23 bits per heavy atom. The van der Waals surface area contributed by atoms with Gasteiger partial charge in [-0.05, 0) is 43.9 Å². The number of pyridine rings is 1. The van der Waals surface area contributed by atoms with Gasteiger partial charge in [0, 0.05) is 35.7 Å². The van der Waals surface area contributed by atoms with E-state index in [0.717, 1.165) is 29.4 Å². The molecule has 1 N–H and O–H groups in total. The molecule has 1 saturated carbocycles. The van der Waals surface area contributed by atoms with Crippen LogP contribution in [0.25, 0.3) is 10.9 Å². The van der Waals surface area contributed by atoms with Gasteiger partial charge in [0.2, 0.25) is 10.0 Å². The number of nitriles is 1. The molecule has 0 radical (unpaired) electrons. The Morgan fingerprint density at radius 2 is 1.96 bits per heavy atom. The lowest BCUT2D eigenvalue weighted by Gasteiger charge is -2.32. The van der Waals surface area contributed by atoms with Crippen LogP contribution < -0.4 is 5.32 Å². The second-order valence-electron chi connectivity index (χ2n) is 6.88. The Kier molecular flexibility index (Phi) is 4.51. The van der Waals surface area contributed by atoms with Crippen LogP contribution in [0.15, 0.2) is 24.4 Å². The molecular formula is C18H19ClN4O2S. The van der Waals surface area contributed by atoms with E-state index in [9.17, 15) is 13.7 Å². The molecule has 1 aromatic carbocycles. The van der Waals surface area contributed by atoms with E-state index >= 15 is 0 Å². The first-order valence-electron chi connectivity index (χ1n) is 8.73. The summed E-state index contributed by atoms with van der Waals surface area (Å²) < 4.78 is 26.4. The van der Waals surface area contributed by atoms with E-state index in [1.807, 2.05) is 6.07 Å². The zero-order valence-corrected chi connectivity index (χ0v) is 15.7. The van der Waals surface area contributed by atoms with Gasteiger partial charge in [0.05, 0.1) is 22.0 Å². The molecule has 1 saturated heterocycles. The third-order valence-corrected chi connectivity index (χ3v) is 7.69. The Hall–Kier alpha value is -1.88. The first-order valence-corrected chi connectivity index (χ1v) is 10.6. The summed E-state index contributed by atoms with van der Waals surface area (Å²) in [6, 6.07) is 7.69. The minimum atomic E-state index is -3.11. The molecule has 0 spiro atoms. The van der Waals surface area contributed by atoms with Gasteiger partial charge < -0.3 is 5.32 Å². The fourth-order valence-corrected chi connectivity index (χ4v) is 5.49. The summed E-state index contributed by atoms with van der Waals surface area (Å²) in [6.07, 6.45) is 4.55. The van der Waals surface area contributed by atoms with Gasteiger partial charge in [-0.1, -0.05) is 11.6 Å². The van der Waals surface area contributed by atoms with Gasteiger partial charge in [0.1, 0.15) is 6.07 Å². The third kappa shape index (κ3) is 3.25. The van der Waals surface area contributed by atoms with Gasteiger partial charge in [0.15, 0.2) is 0 Å². The molecule has 0 atom stereocenters. The van der Waals surface area contributed by atoms with Gasteiger partial charge in [-0.2, -0.15) is 5.26 Å². The van der Waals surface area contributed by atoms with Crippen molar-refractivity contribution in [2.24, 2.45) is 0 Å². The second-order valence-corrected chi connectivity index (χ2v) is 9.53. The lowest BCUT2D eigenvalue weighted by molar-refractivity contribution is 0.329. The molecule has 8 heteroatoms. The largest absolute Gasteiger partial charge is 0.381 e. The van der Waals surface area contributed by atoms with Crippen LogP contribution in [0.2, 0.25) is 5.02 Å². The molecule has 136 valence electrons. The summed E-state index contributed by atoms with van der Waals surface area (Å²) in [4.78, 5) is 4.31. The minimum Gasteiger partial charge on any atom is -0.381 e. The quantitative estimate of drug-likeness (QED) is 0.866. The summed E-state index contributed by atoms with van der Waals surface area (Å²) in [5.41, 5.74) is 1.96. The van der Waals surface area contributed by atoms with Gasteiger partial charge >= 0.3 is 0 Å². The first-order chi connectivity index (χ1) is 12.5. The number of nitrogens with one attached hydrogen (secondary N) is 1. The summed E-state index contributed by atoms with van der Waals surface area (Å²) in [5.74, 6) is 0. The molecule has 6 nitrogen and oxygen atoms in total. The Bertz CT molecular complexity index is 990. The molecular weight excluding hydrogens is 372 g/mol. The van der Waals surface area contributed by atoms with Gasteiger partial charge in [0.25, 0.3) is 0 Å². The van der Waals surface area contributed by atoms with Gasteiger partial charge in [-0.15, -0.1) is 0 Å². The first kappa shape index (κ1) is 17.5. The number of rotatable bonds is 4. The molecule has 26 heavy (non-hydrogen) atoms. The van der Waals surface area contributed by atoms with Crippen molar-refractivity contribution in [3.05, 3.63) is 35.0 Å². The molecule has 1 aliphatic carbocycles. The topological polar surface area (TPSA) is 86.1 Å². The Labute approximate surface area is 157 Å². The predicted octanol–water partition coefficient (Wildman–Crippen LogP) is 3.13. The lowest BCUT2D eigenvalue weighted by Crippen LogP contribution is -2.43. The standard InChI is InChI=1S/C18H19ClN4O2S/c19-13-1-4-17-16(9-13)18(12(10-20)11-21-17)22-14-5-7-23(8-6-14)26(24,25)15-2-3-15/h1,4,9,11,14-15H,2-3,5-8H2,(H,21,22). The maximum atomic E-state index is 12.4. The molecule has 2 heterocycles. The average Bonchev–Trinajstić information content (AvgIpc) is 3.48. The van der Waals surface area contributed by atoms with Crippen molar-refractivity contribution in [3.63, 3.8) is 0 Å². The number of hydrogen-bond acceptors (Lipinski definition) is 5. The van der Waals surface area contributed by atoms with Crippen LogP contribution in [0.5, 0.6) is 0 Å². The number of anilines is 1. The van der Waals surface area contributed by atoms with Crippen molar-refractivity contribution < 1.29 is 8.42 Å². The van der Waals surface area contributed by atoms with Crippen molar-refractivity contribution >= 4 is 38.2 Å². The molecule has 1 aliphatic heterocycles. The molecule has 0 bridgehead atoms. The highest BCUT2D eigenvalue weighted by Gasteiger charge is 2.41. The van der Waals surface area contributed by atoms with Crippen LogP contribution in [0.3, 0.4) is 0 Å². The fourth-order valence-electron chi connectivity index (χ4n) is 3.44. The van der Waals surface area contributed by atoms with Crippen LogP contribution in [-0.2, 0) is 10.0 Å². The van der Waals surface area contributed by atoms with E-state index in [4.69, 9.17) is 11.6 Å². The highest BCUT2D eigenvalue weighted by atomic mass is 35.5. The van der Waals surface area contributed by atoms with Gasteiger partial charge in [-0.25, -0.2) is 12.7 Å². The smallest absolute Gasteiger partial charge is 0.216 e.